The van der Waals surface area contributed by atoms with Crippen LogP contribution in [0.1, 0.15) is 86.4 Å². The highest BCUT2D eigenvalue weighted by Gasteiger charge is 2.51. The van der Waals surface area contributed by atoms with E-state index in [2.05, 4.69) is 41.3 Å². The number of carbonyl (C=O) groups is 2. The van der Waals surface area contributed by atoms with Crippen LogP contribution in [-0.2, 0) is 24.8 Å². The number of halogens is 1. The summed E-state index contributed by atoms with van der Waals surface area (Å²) in [6.07, 6.45) is 10.1. The van der Waals surface area contributed by atoms with E-state index in [1.807, 2.05) is 66.9 Å². The van der Waals surface area contributed by atoms with Gasteiger partial charge in [0, 0.05) is 75.8 Å². The first-order valence-electron chi connectivity index (χ1n) is 18.7. The number of amides is 2. The monoisotopic (exact) mass is 711 g/mol. The van der Waals surface area contributed by atoms with Crippen molar-refractivity contribution in [1.29, 1.82) is 0 Å². The lowest BCUT2D eigenvalue weighted by molar-refractivity contribution is -0.116. The highest BCUT2D eigenvalue weighted by atomic mass is 35.5. The van der Waals surface area contributed by atoms with Gasteiger partial charge < -0.3 is 25.0 Å². The fourth-order valence-electron chi connectivity index (χ4n) is 9.53. The summed E-state index contributed by atoms with van der Waals surface area (Å²) in [5.41, 5.74) is 9.67. The number of carbonyl (C=O) groups excluding carboxylic acids is 2. The highest BCUT2D eigenvalue weighted by molar-refractivity contribution is 6.36. The molecule has 2 fully saturated rings. The van der Waals surface area contributed by atoms with Gasteiger partial charge in [-0.2, -0.15) is 0 Å². The maximum atomic E-state index is 13.7. The third-order valence-corrected chi connectivity index (χ3v) is 12.9. The van der Waals surface area contributed by atoms with Crippen LogP contribution in [0.3, 0.4) is 0 Å². The number of likely N-dealkylation sites (N-methyl/N-ethyl adjacent to an activating group) is 2. The average Bonchev–Trinajstić information content (AvgIpc) is 3.73. The Morgan fingerprint density at radius 2 is 1.67 bits per heavy atom. The van der Waals surface area contributed by atoms with Crippen molar-refractivity contribution in [3.63, 3.8) is 0 Å². The molecule has 0 radical (unpaired) electrons. The number of hydrogen-bond donors (Lipinski definition) is 2. The summed E-state index contributed by atoms with van der Waals surface area (Å²) in [4.78, 5) is 38.7. The van der Waals surface area contributed by atoms with Gasteiger partial charge in [0.15, 0.2) is 5.82 Å². The minimum atomic E-state index is -0.222. The van der Waals surface area contributed by atoms with Gasteiger partial charge in [0.25, 0.3) is 5.91 Å². The average molecular weight is 712 g/mol. The van der Waals surface area contributed by atoms with E-state index in [9.17, 15) is 9.59 Å². The van der Waals surface area contributed by atoms with Crippen molar-refractivity contribution >= 4 is 34.8 Å². The van der Waals surface area contributed by atoms with Crippen LogP contribution in [0.2, 0.25) is 5.02 Å². The van der Waals surface area contributed by atoms with Crippen molar-refractivity contribution < 1.29 is 9.59 Å². The van der Waals surface area contributed by atoms with Gasteiger partial charge in [-0.1, -0.05) is 42.8 Å². The lowest BCUT2D eigenvalue weighted by Gasteiger charge is -2.32. The highest BCUT2D eigenvalue weighted by Crippen LogP contribution is 2.62. The van der Waals surface area contributed by atoms with E-state index < -0.39 is 0 Å². The molecule has 2 bridgehead atoms. The van der Waals surface area contributed by atoms with Crippen molar-refractivity contribution in [3.8, 4) is 11.1 Å². The summed E-state index contributed by atoms with van der Waals surface area (Å²) >= 11 is 6.96. The summed E-state index contributed by atoms with van der Waals surface area (Å²) in [5.74, 6) is 0.0933. The molecule has 2 aromatic carbocycles. The Balaban J connectivity index is 1.01. The van der Waals surface area contributed by atoms with Crippen LogP contribution in [0, 0.1) is 17.8 Å². The molecule has 0 saturated heterocycles. The molecule has 2 aliphatic carbocycles. The van der Waals surface area contributed by atoms with E-state index >= 15 is 0 Å². The van der Waals surface area contributed by atoms with Gasteiger partial charge in [0.2, 0.25) is 5.91 Å². The van der Waals surface area contributed by atoms with Crippen LogP contribution in [-0.4, -0.2) is 82.9 Å². The zero-order valence-electron chi connectivity index (χ0n) is 31.3. The standard InChI is InChI=1S/C41H54ClN7O2/c1-27-23-46(4)20-13-34(27)47(5)25-36(50)43-32-12-8-10-30(37(32)42)29-9-7-11-31(28(29)2)45-39(51)38-44-33-24-49(21-14-35(33)48(38)6)22-19-41-17-15-40(3,26-41)16-18-41/h7-12H,13-26H2,1-6H3,(H,43,50)(H,45,51). The molecule has 10 heteroatoms. The van der Waals surface area contributed by atoms with Gasteiger partial charge in [-0.05, 0) is 106 Å². The Hall–Kier alpha value is -3.66. The lowest BCUT2D eigenvalue weighted by Crippen LogP contribution is -2.36. The number of rotatable bonds is 10. The van der Waals surface area contributed by atoms with E-state index in [-0.39, 0.29) is 18.4 Å². The molecule has 2 saturated carbocycles. The summed E-state index contributed by atoms with van der Waals surface area (Å²) in [7, 11) is 6.05. The molecule has 4 aliphatic rings. The third-order valence-electron chi connectivity index (χ3n) is 12.5. The molecule has 51 heavy (non-hydrogen) atoms. The zero-order chi connectivity index (χ0) is 36.1. The zero-order valence-corrected chi connectivity index (χ0v) is 32.1. The molecule has 0 atom stereocenters. The van der Waals surface area contributed by atoms with Crippen LogP contribution in [0.15, 0.2) is 47.7 Å². The van der Waals surface area contributed by atoms with Crippen LogP contribution in [0.5, 0.6) is 0 Å². The molecule has 3 aromatic rings. The Morgan fingerprint density at radius 1 is 0.941 bits per heavy atom. The van der Waals surface area contributed by atoms with E-state index in [1.165, 1.54) is 49.8 Å². The first-order chi connectivity index (χ1) is 24.3. The summed E-state index contributed by atoms with van der Waals surface area (Å²) in [6, 6.07) is 11.5. The molecular formula is C41H54ClN7O2. The molecule has 2 aliphatic heterocycles. The molecule has 272 valence electrons. The Labute approximate surface area is 308 Å². The predicted octanol–water partition coefficient (Wildman–Crippen LogP) is 7.50. The Bertz CT molecular complexity index is 1870. The molecule has 1 aromatic heterocycles. The molecule has 0 unspecified atom stereocenters. The van der Waals surface area contributed by atoms with Crippen LogP contribution in [0.25, 0.3) is 11.1 Å². The maximum Gasteiger partial charge on any atom is 0.291 e. The van der Waals surface area contributed by atoms with Crippen LogP contribution in [0.4, 0.5) is 11.4 Å². The summed E-state index contributed by atoms with van der Waals surface area (Å²) < 4.78 is 1.98. The predicted molar refractivity (Wildman–Crippen MR) is 206 cm³/mol. The fourth-order valence-corrected chi connectivity index (χ4v) is 9.81. The van der Waals surface area contributed by atoms with E-state index in [4.69, 9.17) is 16.6 Å². The summed E-state index contributed by atoms with van der Waals surface area (Å²) in [6.45, 7) is 11.7. The first kappa shape index (κ1) is 35.7. The normalized spacial score (nSPS) is 23.4. The minimum absolute atomic E-state index is 0.121. The van der Waals surface area contributed by atoms with Gasteiger partial charge >= 0.3 is 0 Å². The maximum absolute atomic E-state index is 13.7. The lowest BCUT2D eigenvalue weighted by atomic mass is 9.80. The second-order valence-electron chi connectivity index (χ2n) is 16.4. The Morgan fingerprint density at radius 3 is 2.37 bits per heavy atom. The number of nitrogens with one attached hydrogen (secondary N) is 2. The van der Waals surface area contributed by atoms with Crippen molar-refractivity contribution in [3.05, 3.63) is 75.5 Å². The largest absolute Gasteiger partial charge is 0.369 e. The molecule has 9 nitrogen and oxygen atoms in total. The molecule has 3 heterocycles. The molecular weight excluding hydrogens is 658 g/mol. The number of fused-ring (bicyclic) bond motifs is 3. The fraction of sp³-hybridized carbons (Fsp3) is 0.537. The molecule has 2 N–H and O–H groups in total. The minimum Gasteiger partial charge on any atom is -0.369 e. The summed E-state index contributed by atoms with van der Waals surface area (Å²) in [5, 5.41) is 6.64. The molecule has 2 amide bonds. The van der Waals surface area contributed by atoms with Crippen molar-refractivity contribution in [2.45, 2.75) is 78.7 Å². The number of aromatic nitrogens is 2. The van der Waals surface area contributed by atoms with Gasteiger partial charge in [-0.15, -0.1) is 0 Å². The molecule has 0 spiro atoms. The number of nitrogens with zero attached hydrogens (tertiary/aromatic N) is 5. The van der Waals surface area contributed by atoms with Crippen molar-refractivity contribution in [2.24, 2.45) is 17.9 Å². The van der Waals surface area contributed by atoms with Crippen LogP contribution < -0.4 is 10.6 Å². The van der Waals surface area contributed by atoms with Gasteiger partial charge in [0.1, 0.15) is 0 Å². The number of hydrogen-bond acceptors (Lipinski definition) is 6. The van der Waals surface area contributed by atoms with Gasteiger partial charge in [-0.3, -0.25) is 14.5 Å². The van der Waals surface area contributed by atoms with Gasteiger partial charge in [-0.25, -0.2) is 4.98 Å². The first-order valence-corrected chi connectivity index (χ1v) is 19.1. The number of imidazole rings is 1. The second kappa shape index (κ2) is 14.1. The number of benzene rings is 2. The topological polar surface area (TPSA) is 85.7 Å². The van der Waals surface area contributed by atoms with E-state index in [0.717, 1.165) is 73.6 Å². The smallest absolute Gasteiger partial charge is 0.291 e. The molecule has 7 rings (SSSR count). The SMILES string of the molecule is CC1=C(N(C)CC(=O)Nc2cccc(-c3cccc(NC(=O)c4nc5c(n4C)CCN(CCC46CCC(C)(CC4)C6)C5)c3C)c2Cl)CCN(C)C1. The van der Waals surface area contributed by atoms with Crippen LogP contribution >= 0.6 is 11.6 Å². The van der Waals surface area contributed by atoms with Crippen molar-refractivity contribution in [2.75, 3.05) is 57.5 Å². The van der Waals surface area contributed by atoms with E-state index in [0.29, 0.717) is 33.1 Å². The number of anilines is 2. The second-order valence-corrected chi connectivity index (χ2v) is 16.7. The quantitative estimate of drug-likeness (QED) is 0.227. The Kier molecular flexibility index (Phi) is 9.84. The van der Waals surface area contributed by atoms with Crippen molar-refractivity contribution in [1.82, 2.24) is 24.3 Å². The van der Waals surface area contributed by atoms with Gasteiger partial charge in [0.05, 0.1) is 22.9 Å². The third kappa shape index (κ3) is 7.22. The van der Waals surface area contributed by atoms with E-state index in [1.54, 1.807) is 0 Å².